The lowest BCUT2D eigenvalue weighted by Gasteiger charge is -2.08. The van der Waals surface area contributed by atoms with E-state index < -0.39 is 20.9 Å². The summed E-state index contributed by atoms with van der Waals surface area (Å²) >= 11 is 0. The molecule has 0 aliphatic carbocycles. The molecule has 0 radical (unpaired) electrons. The number of anilines is 1. The molecule has 0 aliphatic rings. The quantitative estimate of drug-likeness (QED) is 0.621. The number of nitrogens with one attached hydrogen (secondary N) is 1. The first-order chi connectivity index (χ1) is 11.8. The van der Waals surface area contributed by atoms with E-state index in [0.717, 1.165) is 6.07 Å². The minimum atomic E-state index is -4.52. The molecule has 0 fully saturated rings. The number of amides is 1. The lowest BCUT2D eigenvalue weighted by Crippen LogP contribution is -2.12. The van der Waals surface area contributed by atoms with Crippen molar-refractivity contribution in [2.24, 2.45) is 20.5 Å². The molecule has 2 aromatic carbocycles. The van der Waals surface area contributed by atoms with E-state index in [1.54, 1.807) is 24.3 Å². The fourth-order valence-electron chi connectivity index (χ4n) is 1.99. The minimum Gasteiger partial charge on any atom is -0.322 e. The number of hydrogen-bond donors (Lipinski definition) is 2. The van der Waals surface area contributed by atoms with Crippen LogP contribution in [0.4, 0.5) is 17.1 Å². The number of carbonyl (C=O) groups excluding carboxylic acids is 1. The topological polar surface area (TPSA) is 133 Å². The lowest BCUT2D eigenvalue weighted by molar-refractivity contribution is 0.102. The predicted octanol–water partition coefficient (Wildman–Crippen LogP) is 3.61. The maximum Gasteiger partial charge on any atom is 0.296 e. The molecule has 9 nitrogen and oxygen atoms in total. The molecule has 0 saturated carbocycles. The molecular weight excluding hydrogens is 346 g/mol. The third-order valence-corrected chi connectivity index (χ3v) is 3.93. The molecule has 0 atom stereocenters. The van der Waals surface area contributed by atoms with Crippen LogP contribution >= 0.6 is 0 Å². The van der Waals surface area contributed by atoms with Crippen LogP contribution in [0.5, 0.6) is 0 Å². The van der Waals surface area contributed by atoms with Crippen molar-refractivity contribution in [2.45, 2.75) is 4.90 Å². The second kappa shape index (κ2) is 7.73. The van der Waals surface area contributed by atoms with Gasteiger partial charge in [0.05, 0.1) is 5.69 Å². The van der Waals surface area contributed by atoms with Crippen LogP contribution in [-0.4, -0.2) is 33.0 Å². The first kappa shape index (κ1) is 18.4. The number of carbonyl (C=O) groups is 1. The van der Waals surface area contributed by atoms with Crippen molar-refractivity contribution >= 4 is 33.1 Å². The van der Waals surface area contributed by atoms with Gasteiger partial charge in [0.25, 0.3) is 16.0 Å². The van der Waals surface area contributed by atoms with E-state index in [1.807, 2.05) is 0 Å². The standard InChI is InChI=1S/C15H15N5O4S/c1-16-19-11-5-3-10(4-6-11)15(21)18-12-7-8-13(20-17-2)14(9-12)25(22,23)24/h3-9H,1-2H3,(H,18,21)(H,22,23,24)/b19-16+,20-17+. The number of azo groups is 2. The highest BCUT2D eigenvalue weighted by molar-refractivity contribution is 7.86. The minimum absolute atomic E-state index is 0.0303. The summed E-state index contributed by atoms with van der Waals surface area (Å²) in [4.78, 5) is 11.8. The molecule has 10 heteroatoms. The molecule has 25 heavy (non-hydrogen) atoms. The molecule has 0 heterocycles. The van der Waals surface area contributed by atoms with Gasteiger partial charge in [-0.15, -0.1) is 0 Å². The summed E-state index contributed by atoms with van der Waals surface area (Å²) in [6.45, 7) is 0. The Bertz CT molecular complexity index is 937. The van der Waals surface area contributed by atoms with Gasteiger partial charge in [0.2, 0.25) is 0 Å². The van der Waals surface area contributed by atoms with E-state index in [-0.39, 0.29) is 11.4 Å². The van der Waals surface area contributed by atoms with Crippen LogP contribution < -0.4 is 5.32 Å². The molecule has 0 aliphatic heterocycles. The zero-order chi connectivity index (χ0) is 18.4. The van der Waals surface area contributed by atoms with Crippen LogP contribution in [0.25, 0.3) is 0 Å². The Labute approximate surface area is 144 Å². The summed E-state index contributed by atoms with van der Waals surface area (Å²) in [7, 11) is -1.62. The fraction of sp³-hybridized carbons (Fsp3) is 0.133. The fourth-order valence-corrected chi connectivity index (χ4v) is 2.64. The highest BCUT2D eigenvalue weighted by atomic mass is 32.2. The smallest absolute Gasteiger partial charge is 0.296 e. The Hall–Kier alpha value is -2.98. The van der Waals surface area contributed by atoms with E-state index >= 15 is 0 Å². The Morgan fingerprint density at radius 1 is 1.00 bits per heavy atom. The normalized spacial score (nSPS) is 12.0. The zero-order valence-corrected chi connectivity index (χ0v) is 14.2. The molecule has 1 amide bonds. The summed E-state index contributed by atoms with van der Waals surface area (Å²) in [6, 6.07) is 10.3. The number of nitrogens with zero attached hydrogens (tertiary/aromatic N) is 4. The van der Waals surface area contributed by atoms with Gasteiger partial charge in [-0.25, -0.2) is 0 Å². The highest BCUT2D eigenvalue weighted by Gasteiger charge is 2.17. The Balaban J connectivity index is 2.29. The van der Waals surface area contributed by atoms with Gasteiger partial charge in [-0.3, -0.25) is 9.35 Å². The summed E-state index contributed by atoms with van der Waals surface area (Å²) in [6.07, 6.45) is 0. The van der Waals surface area contributed by atoms with Gasteiger partial charge in [-0.05, 0) is 42.5 Å². The van der Waals surface area contributed by atoms with Crippen molar-refractivity contribution in [3.05, 3.63) is 48.0 Å². The van der Waals surface area contributed by atoms with Crippen LogP contribution in [0.3, 0.4) is 0 Å². The molecule has 0 spiro atoms. The summed E-state index contributed by atoms with van der Waals surface area (Å²) < 4.78 is 32.2. The third kappa shape index (κ3) is 4.75. The van der Waals surface area contributed by atoms with Crippen LogP contribution in [0.2, 0.25) is 0 Å². The van der Waals surface area contributed by atoms with E-state index in [0.29, 0.717) is 11.3 Å². The monoisotopic (exact) mass is 361 g/mol. The Morgan fingerprint density at radius 3 is 2.20 bits per heavy atom. The molecule has 2 rings (SSSR count). The molecule has 0 unspecified atom stereocenters. The second-order valence-electron chi connectivity index (χ2n) is 4.76. The molecule has 0 bridgehead atoms. The largest absolute Gasteiger partial charge is 0.322 e. The molecule has 2 aromatic rings. The van der Waals surface area contributed by atoms with Crippen molar-refractivity contribution in [3.63, 3.8) is 0 Å². The lowest BCUT2D eigenvalue weighted by atomic mass is 10.2. The van der Waals surface area contributed by atoms with Crippen molar-refractivity contribution in [1.29, 1.82) is 0 Å². The van der Waals surface area contributed by atoms with E-state index in [9.17, 15) is 17.8 Å². The first-order valence-electron chi connectivity index (χ1n) is 6.98. The third-order valence-electron chi connectivity index (χ3n) is 3.05. The van der Waals surface area contributed by atoms with Crippen LogP contribution in [0, 0.1) is 0 Å². The molecular formula is C15H15N5O4S. The highest BCUT2D eigenvalue weighted by Crippen LogP contribution is 2.28. The number of benzene rings is 2. The molecule has 0 aromatic heterocycles. The van der Waals surface area contributed by atoms with Gasteiger partial charge in [0, 0.05) is 25.3 Å². The van der Waals surface area contributed by atoms with Crippen LogP contribution in [0.15, 0.2) is 67.8 Å². The van der Waals surface area contributed by atoms with E-state index in [2.05, 4.69) is 25.8 Å². The van der Waals surface area contributed by atoms with Gasteiger partial charge in [-0.2, -0.15) is 28.9 Å². The van der Waals surface area contributed by atoms with Gasteiger partial charge in [0.1, 0.15) is 10.6 Å². The summed E-state index contributed by atoms with van der Waals surface area (Å²) in [5.74, 6) is -0.453. The predicted molar refractivity (Wildman–Crippen MR) is 91.5 cm³/mol. The number of rotatable bonds is 5. The maximum absolute atomic E-state index is 12.2. The van der Waals surface area contributed by atoms with Crippen molar-refractivity contribution in [2.75, 3.05) is 19.4 Å². The summed E-state index contributed by atoms with van der Waals surface area (Å²) in [5.41, 5.74) is 1.10. The van der Waals surface area contributed by atoms with E-state index in [4.69, 9.17) is 0 Å². The molecule has 130 valence electrons. The van der Waals surface area contributed by atoms with Crippen molar-refractivity contribution in [3.8, 4) is 0 Å². The first-order valence-corrected chi connectivity index (χ1v) is 8.42. The Kier molecular flexibility index (Phi) is 5.67. The van der Waals surface area contributed by atoms with Crippen LogP contribution in [0.1, 0.15) is 10.4 Å². The average Bonchev–Trinajstić information content (AvgIpc) is 2.56. The number of hydrogen-bond acceptors (Lipinski definition) is 7. The maximum atomic E-state index is 12.2. The van der Waals surface area contributed by atoms with Gasteiger partial charge >= 0.3 is 0 Å². The van der Waals surface area contributed by atoms with Gasteiger partial charge < -0.3 is 5.32 Å². The van der Waals surface area contributed by atoms with Crippen LogP contribution in [-0.2, 0) is 10.1 Å². The summed E-state index contributed by atoms with van der Waals surface area (Å²) in [5, 5.41) is 17.1. The van der Waals surface area contributed by atoms with E-state index in [1.165, 1.54) is 26.2 Å². The molecule has 2 N–H and O–H groups in total. The average molecular weight is 361 g/mol. The van der Waals surface area contributed by atoms with Crippen molar-refractivity contribution < 1.29 is 17.8 Å². The van der Waals surface area contributed by atoms with Gasteiger partial charge in [-0.1, -0.05) is 0 Å². The SMILES string of the molecule is C/N=N/c1ccc(C(=O)Nc2ccc(/N=N/C)c(S(=O)(=O)O)c2)cc1. The molecule has 0 saturated heterocycles. The Morgan fingerprint density at radius 2 is 1.64 bits per heavy atom. The van der Waals surface area contributed by atoms with Crippen molar-refractivity contribution in [1.82, 2.24) is 0 Å². The second-order valence-corrected chi connectivity index (χ2v) is 6.15. The zero-order valence-electron chi connectivity index (χ0n) is 13.4. The van der Waals surface area contributed by atoms with Gasteiger partial charge in [0.15, 0.2) is 0 Å².